The van der Waals surface area contributed by atoms with E-state index in [1.54, 1.807) is 11.8 Å². The number of hydrogen-bond donors (Lipinski definition) is 2. The Morgan fingerprint density at radius 3 is 2.81 bits per heavy atom. The first-order valence-corrected chi connectivity index (χ1v) is 8.68. The second-order valence-electron chi connectivity index (χ2n) is 5.88. The van der Waals surface area contributed by atoms with Gasteiger partial charge in [-0.05, 0) is 37.1 Å². The zero-order valence-electron chi connectivity index (χ0n) is 13.0. The molecule has 0 aliphatic heterocycles. The molecule has 0 radical (unpaired) electrons. The molecule has 5 heteroatoms. The van der Waals surface area contributed by atoms with Gasteiger partial charge in [0.15, 0.2) is 5.84 Å². The van der Waals surface area contributed by atoms with E-state index in [0.29, 0.717) is 6.04 Å². The summed E-state index contributed by atoms with van der Waals surface area (Å²) in [5, 5.41) is 12.3. The van der Waals surface area contributed by atoms with Crippen molar-refractivity contribution in [3.8, 4) is 0 Å². The Kier molecular flexibility index (Phi) is 5.39. The summed E-state index contributed by atoms with van der Waals surface area (Å²) < 4.78 is 0. The number of hydrogen-bond acceptors (Lipinski definition) is 4. The van der Waals surface area contributed by atoms with E-state index in [9.17, 15) is 0 Å². The molecule has 21 heavy (non-hydrogen) atoms. The van der Waals surface area contributed by atoms with Crippen LogP contribution in [0.3, 0.4) is 0 Å². The number of rotatable bonds is 4. The Balaban J connectivity index is 2.38. The minimum atomic E-state index is 0.186. The van der Waals surface area contributed by atoms with Gasteiger partial charge >= 0.3 is 0 Å². The molecule has 1 aromatic rings. The highest BCUT2D eigenvalue weighted by molar-refractivity contribution is 7.98. The normalized spacial score (nSPS) is 23.1. The Hall–Kier alpha value is -1.36. The lowest BCUT2D eigenvalue weighted by Gasteiger charge is -2.36. The molecule has 0 spiro atoms. The van der Waals surface area contributed by atoms with Crippen molar-refractivity contribution in [1.29, 1.82) is 0 Å². The van der Waals surface area contributed by atoms with Gasteiger partial charge in [0, 0.05) is 23.7 Å². The van der Waals surface area contributed by atoms with Gasteiger partial charge in [0.1, 0.15) is 0 Å². The second kappa shape index (κ2) is 7.07. The molecule has 1 aliphatic rings. The Bertz CT molecular complexity index is 518. The van der Waals surface area contributed by atoms with E-state index >= 15 is 0 Å². The standard InChI is InChI=1S/C16H25N3OS/c1-11-6-4-7-12(10-11)19(2)13-8-5-9-14(21-3)15(13)16(17)18-20/h5,8-9,11-12,20H,4,6-7,10H2,1-3H3,(H2,17,18). The summed E-state index contributed by atoms with van der Waals surface area (Å²) in [5.74, 6) is 0.952. The third-order valence-electron chi connectivity index (χ3n) is 4.42. The van der Waals surface area contributed by atoms with Gasteiger partial charge in [0.05, 0.1) is 5.56 Å². The van der Waals surface area contributed by atoms with E-state index in [4.69, 9.17) is 10.9 Å². The highest BCUT2D eigenvalue weighted by atomic mass is 32.2. The number of nitrogens with zero attached hydrogens (tertiary/aromatic N) is 2. The lowest BCUT2D eigenvalue weighted by atomic mass is 9.86. The summed E-state index contributed by atoms with van der Waals surface area (Å²) in [6.07, 6.45) is 7.02. The molecule has 1 aliphatic carbocycles. The van der Waals surface area contributed by atoms with Crippen molar-refractivity contribution in [3.63, 3.8) is 0 Å². The molecule has 0 aromatic heterocycles. The maximum atomic E-state index is 9.10. The molecule has 116 valence electrons. The number of nitrogens with two attached hydrogens (primary N) is 1. The molecule has 0 amide bonds. The predicted molar refractivity (Wildman–Crippen MR) is 90.6 cm³/mol. The summed E-state index contributed by atoms with van der Waals surface area (Å²) in [4.78, 5) is 3.35. The minimum Gasteiger partial charge on any atom is -0.409 e. The Labute approximate surface area is 131 Å². The van der Waals surface area contributed by atoms with Crippen LogP contribution in [0.2, 0.25) is 0 Å². The summed E-state index contributed by atoms with van der Waals surface area (Å²) >= 11 is 1.62. The number of anilines is 1. The molecule has 0 saturated heterocycles. The average molecular weight is 307 g/mol. The molecule has 2 rings (SSSR count). The SMILES string of the molecule is CSc1cccc(N(C)C2CCCC(C)C2)c1/C(N)=N/O. The van der Waals surface area contributed by atoms with Crippen molar-refractivity contribution < 1.29 is 5.21 Å². The van der Waals surface area contributed by atoms with Crippen LogP contribution in [0.4, 0.5) is 5.69 Å². The van der Waals surface area contributed by atoms with Crippen LogP contribution in [0.1, 0.15) is 38.2 Å². The van der Waals surface area contributed by atoms with Gasteiger partial charge in [-0.25, -0.2) is 0 Å². The number of oxime groups is 1. The molecule has 2 unspecified atom stereocenters. The second-order valence-corrected chi connectivity index (χ2v) is 6.72. The number of benzene rings is 1. The maximum Gasteiger partial charge on any atom is 0.173 e. The summed E-state index contributed by atoms with van der Waals surface area (Å²) in [6, 6.07) is 6.64. The van der Waals surface area contributed by atoms with Gasteiger partial charge < -0.3 is 15.8 Å². The molecule has 2 atom stereocenters. The molecular formula is C16H25N3OS. The van der Waals surface area contributed by atoms with E-state index in [-0.39, 0.29) is 5.84 Å². The fraction of sp³-hybridized carbons (Fsp3) is 0.562. The molecule has 0 bridgehead atoms. The number of thioether (sulfide) groups is 1. The third-order valence-corrected chi connectivity index (χ3v) is 5.20. The minimum absolute atomic E-state index is 0.186. The summed E-state index contributed by atoms with van der Waals surface area (Å²) in [7, 11) is 2.12. The fourth-order valence-corrected chi connectivity index (χ4v) is 3.87. The van der Waals surface area contributed by atoms with Gasteiger partial charge in [-0.3, -0.25) is 0 Å². The molecule has 3 N–H and O–H groups in total. The first kappa shape index (κ1) is 16.0. The van der Waals surface area contributed by atoms with Gasteiger partial charge in [-0.1, -0.05) is 31.0 Å². The third kappa shape index (κ3) is 3.46. The lowest BCUT2D eigenvalue weighted by molar-refractivity contribution is 0.318. The van der Waals surface area contributed by atoms with Crippen LogP contribution >= 0.6 is 11.8 Å². The van der Waals surface area contributed by atoms with Crippen LogP contribution in [0.15, 0.2) is 28.3 Å². The molecule has 4 nitrogen and oxygen atoms in total. The van der Waals surface area contributed by atoms with Gasteiger partial charge in [-0.2, -0.15) is 0 Å². The maximum absolute atomic E-state index is 9.10. The first-order valence-electron chi connectivity index (χ1n) is 7.46. The van der Waals surface area contributed by atoms with Gasteiger partial charge in [-0.15, -0.1) is 11.8 Å². The first-order chi connectivity index (χ1) is 10.1. The molecule has 0 heterocycles. The van der Waals surface area contributed by atoms with Gasteiger partial charge in [0.2, 0.25) is 0 Å². The zero-order chi connectivity index (χ0) is 15.4. The molecule has 1 aromatic carbocycles. The molecule has 1 saturated carbocycles. The number of amidine groups is 1. The van der Waals surface area contributed by atoms with E-state index < -0.39 is 0 Å². The summed E-state index contributed by atoms with van der Waals surface area (Å²) in [6.45, 7) is 2.32. The van der Waals surface area contributed by atoms with Crippen LogP contribution in [0, 0.1) is 5.92 Å². The Morgan fingerprint density at radius 2 is 2.19 bits per heavy atom. The van der Waals surface area contributed by atoms with Crippen LogP contribution in [-0.2, 0) is 0 Å². The van der Waals surface area contributed by atoms with Crippen LogP contribution in [0.5, 0.6) is 0 Å². The predicted octanol–water partition coefficient (Wildman–Crippen LogP) is 3.52. The smallest absolute Gasteiger partial charge is 0.173 e. The van der Waals surface area contributed by atoms with Crippen LogP contribution in [0.25, 0.3) is 0 Å². The lowest BCUT2D eigenvalue weighted by Crippen LogP contribution is -2.37. The topological polar surface area (TPSA) is 61.8 Å². The average Bonchev–Trinajstić information content (AvgIpc) is 2.52. The van der Waals surface area contributed by atoms with Crippen molar-refractivity contribution in [2.45, 2.75) is 43.5 Å². The van der Waals surface area contributed by atoms with E-state index in [1.165, 1.54) is 25.7 Å². The molecule has 1 fully saturated rings. The van der Waals surface area contributed by atoms with Crippen LogP contribution < -0.4 is 10.6 Å². The van der Waals surface area contributed by atoms with Crippen molar-refractivity contribution in [2.75, 3.05) is 18.2 Å². The van der Waals surface area contributed by atoms with Gasteiger partial charge in [0.25, 0.3) is 0 Å². The fourth-order valence-electron chi connectivity index (χ4n) is 3.24. The van der Waals surface area contributed by atoms with E-state index in [0.717, 1.165) is 22.1 Å². The van der Waals surface area contributed by atoms with Crippen LogP contribution in [-0.4, -0.2) is 30.4 Å². The quantitative estimate of drug-likeness (QED) is 0.294. The van der Waals surface area contributed by atoms with E-state index in [2.05, 4.69) is 30.1 Å². The van der Waals surface area contributed by atoms with E-state index in [1.807, 2.05) is 18.4 Å². The zero-order valence-corrected chi connectivity index (χ0v) is 13.9. The molecular weight excluding hydrogens is 282 g/mol. The van der Waals surface area contributed by atoms with Crippen molar-refractivity contribution in [1.82, 2.24) is 0 Å². The van der Waals surface area contributed by atoms with Crippen molar-refractivity contribution in [3.05, 3.63) is 23.8 Å². The Morgan fingerprint density at radius 1 is 1.43 bits per heavy atom. The monoisotopic (exact) mass is 307 g/mol. The summed E-state index contributed by atoms with van der Waals surface area (Å²) in [5.41, 5.74) is 7.82. The van der Waals surface area contributed by atoms with Crippen molar-refractivity contribution in [2.24, 2.45) is 16.8 Å². The highest BCUT2D eigenvalue weighted by Crippen LogP contribution is 2.34. The largest absolute Gasteiger partial charge is 0.409 e. The highest BCUT2D eigenvalue weighted by Gasteiger charge is 2.25. The van der Waals surface area contributed by atoms with Crippen molar-refractivity contribution >= 4 is 23.3 Å².